The van der Waals surface area contributed by atoms with E-state index in [1.165, 1.54) is 12.1 Å². The van der Waals surface area contributed by atoms with Crippen LogP contribution in [0, 0.1) is 0 Å². The molecule has 1 aromatic rings. The van der Waals surface area contributed by atoms with Crippen LogP contribution >= 0.6 is 0 Å². The van der Waals surface area contributed by atoms with Gasteiger partial charge in [-0.05, 0) is 19.1 Å². The molecule has 0 fully saturated rings. The lowest BCUT2D eigenvalue weighted by Crippen LogP contribution is -2.41. The molecular weight excluding hydrogens is 286 g/mol. The van der Waals surface area contributed by atoms with E-state index in [4.69, 9.17) is 9.84 Å². The second kappa shape index (κ2) is 5.37. The normalized spacial score (nSPS) is 17.8. The average Bonchev–Trinajstić information content (AvgIpc) is 2.37. The molecule has 9 heteroatoms. The predicted molar refractivity (Wildman–Crippen MR) is 71.5 cm³/mol. The van der Waals surface area contributed by atoms with Gasteiger partial charge >= 0.3 is 5.97 Å². The van der Waals surface area contributed by atoms with Gasteiger partial charge in [0.25, 0.3) is 10.0 Å². The summed E-state index contributed by atoms with van der Waals surface area (Å²) >= 11 is 0. The summed E-state index contributed by atoms with van der Waals surface area (Å²) in [5, 5.41) is 11.3. The summed E-state index contributed by atoms with van der Waals surface area (Å²) in [4.78, 5) is 14.1. The fraction of sp³-hybridized carbons (Fsp3) is 0.273. The number of benzene rings is 1. The van der Waals surface area contributed by atoms with Crippen molar-refractivity contribution in [2.24, 2.45) is 4.99 Å². The number of carbonyl (C=O) groups is 1. The molecule has 0 bridgehead atoms. The maximum Gasteiger partial charge on any atom is 0.325 e. The number of guanidine groups is 1. The second-order valence-corrected chi connectivity index (χ2v) is 5.53. The molecule has 0 saturated heterocycles. The number of nitrogens with zero attached hydrogens (tertiary/aromatic N) is 1. The molecule has 3 N–H and O–H groups in total. The van der Waals surface area contributed by atoms with Gasteiger partial charge in [-0.15, -0.1) is 0 Å². The van der Waals surface area contributed by atoms with E-state index in [2.05, 4.69) is 15.0 Å². The number of nitrogens with one attached hydrogen (secondary N) is 2. The van der Waals surface area contributed by atoms with Crippen LogP contribution < -0.4 is 14.8 Å². The molecule has 108 valence electrons. The van der Waals surface area contributed by atoms with Crippen molar-refractivity contribution in [2.45, 2.75) is 11.8 Å². The van der Waals surface area contributed by atoms with Crippen molar-refractivity contribution in [2.75, 3.05) is 18.5 Å². The van der Waals surface area contributed by atoms with Gasteiger partial charge in [0, 0.05) is 6.07 Å². The van der Waals surface area contributed by atoms with E-state index in [1.807, 2.05) is 0 Å². The van der Waals surface area contributed by atoms with Crippen molar-refractivity contribution in [3.63, 3.8) is 0 Å². The third-order valence-corrected chi connectivity index (χ3v) is 3.79. The van der Waals surface area contributed by atoms with E-state index in [9.17, 15) is 13.2 Å². The Morgan fingerprint density at radius 1 is 1.45 bits per heavy atom. The molecule has 0 spiro atoms. The van der Waals surface area contributed by atoms with Gasteiger partial charge in [0.15, 0.2) is 0 Å². The second-order valence-electron chi connectivity index (χ2n) is 3.88. The fourth-order valence-electron chi connectivity index (χ4n) is 1.64. The summed E-state index contributed by atoms with van der Waals surface area (Å²) in [6, 6.07) is 4.54. The number of hydrogen-bond donors (Lipinski definition) is 3. The van der Waals surface area contributed by atoms with Crippen LogP contribution in [0.5, 0.6) is 5.75 Å². The number of anilines is 1. The van der Waals surface area contributed by atoms with Gasteiger partial charge in [0.1, 0.15) is 17.2 Å². The van der Waals surface area contributed by atoms with Crippen molar-refractivity contribution in [1.82, 2.24) is 4.72 Å². The van der Waals surface area contributed by atoms with Crippen molar-refractivity contribution in [1.29, 1.82) is 0 Å². The first-order chi connectivity index (χ1) is 9.42. The summed E-state index contributed by atoms with van der Waals surface area (Å²) in [5.74, 6) is -0.843. The molecule has 0 aromatic heterocycles. The minimum Gasteiger partial charge on any atom is -0.494 e. The van der Waals surface area contributed by atoms with Gasteiger partial charge in [-0.1, -0.05) is 0 Å². The van der Waals surface area contributed by atoms with Gasteiger partial charge in [-0.25, -0.2) is 18.1 Å². The number of rotatable bonds is 4. The van der Waals surface area contributed by atoms with Crippen molar-refractivity contribution in [3.05, 3.63) is 18.2 Å². The number of aliphatic carboxylic acids is 1. The molecule has 1 aromatic carbocycles. The molecule has 0 radical (unpaired) electrons. The Balaban J connectivity index is 2.37. The van der Waals surface area contributed by atoms with Crippen LogP contribution in [0.3, 0.4) is 0 Å². The van der Waals surface area contributed by atoms with E-state index in [1.54, 1.807) is 13.0 Å². The summed E-state index contributed by atoms with van der Waals surface area (Å²) in [6.45, 7) is 1.68. The highest BCUT2D eigenvalue weighted by Crippen LogP contribution is 2.28. The summed E-state index contributed by atoms with van der Waals surface area (Å²) in [7, 11) is -3.80. The maximum absolute atomic E-state index is 12.0. The zero-order valence-corrected chi connectivity index (χ0v) is 11.4. The Morgan fingerprint density at radius 3 is 2.85 bits per heavy atom. The minimum absolute atomic E-state index is 0.0257. The molecule has 0 unspecified atom stereocenters. The topological polar surface area (TPSA) is 117 Å². The molecule has 0 saturated carbocycles. The summed E-state index contributed by atoms with van der Waals surface area (Å²) in [5.41, 5.74) is 0.316. The lowest BCUT2D eigenvalue weighted by Gasteiger charge is -2.21. The van der Waals surface area contributed by atoms with Crippen molar-refractivity contribution >= 4 is 27.6 Å². The van der Waals surface area contributed by atoms with Crippen LogP contribution in [0.15, 0.2) is 28.1 Å². The molecule has 1 aliphatic heterocycles. The summed E-state index contributed by atoms with van der Waals surface area (Å²) < 4.78 is 31.5. The Labute approximate surface area is 115 Å². The molecular formula is C11H13N3O5S. The third-order valence-electron chi connectivity index (χ3n) is 2.41. The molecule has 2 rings (SSSR count). The zero-order valence-electron chi connectivity index (χ0n) is 10.6. The quantitative estimate of drug-likeness (QED) is 0.732. The fourth-order valence-corrected chi connectivity index (χ4v) is 2.80. The first-order valence-electron chi connectivity index (χ1n) is 5.75. The SMILES string of the molecule is CCOc1ccc2c(c1)S(=O)(=O)NC(=NCC(=O)O)N2. The van der Waals surface area contributed by atoms with E-state index in [0.29, 0.717) is 18.0 Å². The molecule has 1 aliphatic rings. The third kappa shape index (κ3) is 2.99. The van der Waals surface area contributed by atoms with Crippen LogP contribution in [-0.4, -0.2) is 38.6 Å². The van der Waals surface area contributed by atoms with Crippen molar-refractivity contribution in [3.8, 4) is 5.75 Å². The number of carboxylic acids is 1. The lowest BCUT2D eigenvalue weighted by atomic mass is 10.3. The highest BCUT2D eigenvalue weighted by atomic mass is 32.2. The molecule has 20 heavy (non-hydrogen) atoms. The number of ether oxygens (including phenoxy) is 1. The number of hydrogen-bond acceptors (Lipinski definition) is 5. The number of aliphatic imine (C=N–C) groups is 1. The first-order valence-corrected chi connectivity index (χ1v) is 7.23. The van der Waals surface area contributed by atoms with Crippen molar-refractivity contribution < 1.29 is 23.1 Å². The van der Waals surface area contributed by atoms with E-state index in [0.717, 1.165) is 0 Å². The Morgan fingerprint density at radius 2 is 2.20 bits per heavy atom. The van der Waals surface area contributed by atoms with Gasteiger partial charge in [-0.3, -0.25) is 4.79 Å². The lowest BCUT2D eigenvalue weighted by molar-refractivity contribution is -0.135. The van der Waals surface area contributed by atoms with Gasteiger partial charge < -0.3 is 15.2 Å². The highest BCUT2D eigenvalue weighted by molar-refractivity contribution is 7.90. The first kappa shape index (κ1) is 14.1. The Bertz CT molecular complexity index is 669. The van der Waals surface area contributed by atoms with Crippen LogP contribution in [0.4, 0.5) is 5.69 Å². The average molecular weight is 299 g/mol. The van der Waals surface area contributed by atoms with Gasteiger partial charge in [0.05, 0.1) is 12.3 Å². The van der Waals surface area contributed by atoms with E-state index >= 15 is 0 Å². The number of sulfonamides is 1. The largest absolute Gasteiger partial charge is 0.494 e. The maximum atomic E-state index is 12.0. The van der Waals surface area contributed by atoms with Crippen LogP contribution in [-0.2, 0) is 14.8 Å². The number of carboxylic acid groups (broad SMARTS) is 1. The van der Waals surface area contributed by atoms with E-state index in [-0.39, 0.29) is 10.9 Å². The number of fused-ring (bicyclic) bond motifs is 1. The predicted octanol–water partition coefficient (Wildman–Crippen LogP) is 0.230. The molecule has 0 aliphatic carbocycles. The smallest absolute Gasteiger partial charge is 0.325 e. The minimum atomic E-state index is -3.80. The van der Waals surface area contributed by atoms with Crippen LogP contribution in [0.1, 0.15) is 6.92 Å². The highest BCUT2D eigenvalue weighted by Gasteiger charge is 2.27. The molecule has 8 nitrogen and oxygen atoms in total. The van der Waals surface area contributed by atoms with Crippen LogP contribution in [0.25, 0.3) is 0 Å². The van der Waals surface area contributed by atoms with Gasteiger partial charge in [-0.2, -0.15) is 0 Å². The van der Waals surface area contributed by atoms with Gasteiger partial charge in [0.2, 0.25) is 5.96 Å². The zero-order chi connectivity index (χ0) is 14.8. The molecule has 0 amide bonds. The molecule has 0 atom stereocenters. The van der Waals surface area contributed by atoms with Crippen LogP contribution in [0.2, 0.25) is 0 Å². The van der Waals surface area contributed by atoms with E-state index < -0.39 is 22.5 Å². The molecule has 1 heterocycles. The Hall–Kier alpha value is -2.29. The Kier molecular flexibility index (Phi) is 3.79. The standard InChI is InChI=1S/C11H13N3O5S/c1-2-19-7-3-4-8-9(5-7)20(17,18)14-11(13-8)12-6-10(15)16/h3-5H,2,6H2,1H3,(H,15,16)(H2,12,13,14). The monoisotopic (exact) mass is 299 g/mol. The summed E-state index contributed by atoms with van der Waals surface area (Å²) in [6.07, 6.45) is 0.